The maximum Gasteiger partial charge on any atom is 0.416 e. The number of ether oxygens (including phenoxy) is 1. The molecule has 0 radical (unpaired) electrons. The van der Waals surface area contributed by atoms with Gasteiger partial charge in [-0.05, 0) is 36.4 Å². The molecule has 1 atom stereocenters. The molecular formula is C24H23F3N6O7S. The van der Waals surface area contributed by atoms with Crippen molar-refractivity contribution in [1.82, 2.24) is 19.3 Å². The number of nitro groups is 1. The van der Waals surface area contributed by atoms with Gasteiger partial charge in [0.05, 0.1) is 17.0 Å². The molecular weight excluding hydrogens is 573 g/mol. The topological polar surface area (TPSA) is 152 Å². The minimum absolute atomic E-state index is 0.0537. The predicted octanol–water partition coefficient (Wildman–Crippen LogP) is 3.30. The summed E-state index contributed by atoms with van der Waals surface area (Å²) in [6.45, 7) is 2.59. The number of carbonyl (C=O) groups excluding carboxylic acids is 1. The maximum atomic E-state index is 13.1. The Morgan fingerprint density at radius 3 is 2.37 bits per heavy atom. The number of aromatic nitrogens is 2. The molecule has 0 aliphatic carbocycles. The van der Waals surface area contributed by atoms with Gasteiger partial charge in [-0.3, -0.25) is 19.9 Å². The van der Waals surface area contributed by atoms with Crippen molar-refractivity contribution >= 4 is 27.5 Å². The standard InChI is InChI=1S/C24H23F3N6O7S/c1-15-28-22(29-40-15)16-2-5-18(6-3-16)32-14-19(39-23(32)34)13-30-8-10-31(11-9-30)41(37,38)21-7-4-17(24(25,26)27)12-20(21)33(35)36/h2-7,12,19H,8-11,13-14H2,1H3. The first kappa shape index (κ1) is 28.4. The largest absolute Gasteiger partial charge is 0.443 e. The highest BCUT2D eigenvalue weighted by atomic mass is 32.2. The molecule has 2 fully saturated rings. The van der Waals surface area contributed by atoms with Crippen molar-refractivity contribution < 1.29 is 40.6 Å². The number of nitrogens with zero attached hydrogens (tertiary/aromatic N) is 6. The number of carbonyl (C=O) groups is 1. The molecule has 2 aliphatic heterocycles. The summed E-state index contributed by atoms with van der Waals surface area (Å²) < 4.78 is 76.8. The van der Waals surface area contributed by atoms with Gasteiger partial charge in [0.15, 0.2) is 4.90 Å². The number of hydrogen-bond donors (Lipinski definition) is 0. The molecule has 1 amide bonds. The number of piperazine rings is 1. The highest BCUT2D eigenvalue weighted by Gasteiger charge is 2.39. The van der Waals surface area contributed by atoms with Gasteiger partial charge in [-0.15, -0.1) is 0 Å². The summed E-state index contributed by atoms with van der Waals surface area (Å²) in [6.07, 6.45) is -5.90. The Hall–Kier alpha value is -4.09. The van der Waals surface area contributed by atoms with E-state index < -0.39 is 49.5 Å². The Balaban J connectivity index is 1.20. The number of rotatable bonds is 7. The van der Waals surface area contributed by atoms with Crippen molar-refractivity contribution in [1.29, 1.82) is 0 Å². The van der Waals surface area contributed by atoms with Crippen molar-refractivity contribution in [2.75, 3.05) is 44.2 Å². The van der Waals surface area contributed by atoms with Crippen LogP contribution in [0.2, 0.25) is 0 Å². The van der Waals surface area contributed by atoms with E-state index >= 15 is 0 Å². The fraction of sp³-hybridized carbons (Fsp3) is 0.375. The van der Waals surface area contributed by atoms with Crippen LogP contribution in [0.25, 0.3) is 11.4 Å². The summed E-state index contributed by atoms with van der Waals surface area (Å²) in [6, 6.07) is 8.31. The van der Waals surface area contributed by atoms with Crippen LogP contribution in [0.4, 0.5) is 29.3 Å². The van der Waals surface area contributed by atoms with Crippen molar-refractivity contribution in [3.63, 3.8) is 0 Å². The molecule has 17 heteroatoms. The normalized spacial score (nSPS) is 19.0. The van der Waals surface area contributed by atoms with Crippen LogP contribution >= 0.6 is 0 Å². The van der Waals surface area contributed by atoms with E-state index in [4.69, 9.17) is 9.26 Å². The highest BCUT2D eigenvalue weighted by molar-refractivity contribution is 7.89. The van der Waals surface area contributed by atoms with Gasteiger partial charge in [0.1, 0.15) is 6.10 Å². The third-order valence-corrected chi connectivity index (χ3v) is 8.68. The predicted molar refractivity (Wildman–Crippen MR) is 135 cm³/mol. The Morgan fingerprint density at radius 1 is 1.10 bits per heavy atom. The Morgan fingerprint density at radius 2 is 1.78 bits per heavy atom. The number of sulfonamides is 1. The Kier molecular flexibility index (Phi) is 7.43. The first-order valence-electron chi connectivity index (χ1n) is 12.3. The second kappa shape index (κ2) is 10.7. The van der Waals surface area contributed by atoms with E-state index in [9.17, 15) is 36.5 Å². The molecule has 1 unspecified atom stereocenters. The number of nitro benzene ring substituents is 1. The smallest absolute Gasteiger partial charge is 0.416 e. The molecule has 41 heavy (non-hydrogen) atoms. The van der Waals surface area contributed by atoms with E-state index in [0.717, 1.165) is 4.31 Å². The molecule has 1 aromatic heterocycles. The van der Waals surface area contributed by atoms with Gasteiger partial charge in [-0.1, -0.05) is 5.16 Å². The second-order valence-electron chi connectivity index (χ2n) is 9.44. The molecule has 0 saturated carbocycles. The van der Waals surface area contributed by atoms with Crippen molar-refractivity contribution in [2.24, 2.45) is 0 Å². The molecule has 218 valence electrons. The molecule has 3 heterocycles. The first-order chi connectivity index (χ1) is 19.3. The zero-order valence-electron chi connectivity index (χ0n) is 21.4. The molecule has 5 rings (SSSR count). The van der Waals surface area contributed by atoms with E-state index in [1.54, 1.807) is 31.2 Å². The van der Waals surface area contributed by atoms with Crippen molar-refractivity contribution in [3.05, 3.63) is 64.0 Å². The van der Waals surface area contributed by atoms with Gasteiger partial charge in [0.25, 0.3) is 5.69 Å². The number of hydrogen-bond acceptors (Lipinski definition) is 10. The zero-order valence-corrected chi connectivity index (χ0v) is 22.3. The lowest BCUT2D eigenvalue weighted by atomic mass is 10.2. The summed E-state index contributed by atoms with van der Waals surface area (Å²) in [5.74, 6) is 0.847. The summed E-state index contributed by atoms with van der Waals surface area (Å²) in [5, 5.41) is 15.3. The lowest BCUT2D eigenvalue weighted by Crippen LogP contribution is -2.50. The number of amides is 1. The van der Waals surface area contributed by atoms with Gasteiger partial charge < -0.3 is 9.26 Å². The van der Waals surface area contributed by atoms with Crippen molar-refractivity contribution in [3.8, 4) is 11.4 Å². The van der Waals surface area contributed by atoms with Gasteiger partial charge in [-0.25, -0.2) is 13.2 Å². The van der Waals surface area contributed by atoms with E-state index in [0.29, 0.717) is 41.6 Å². The van der Waals surface area contributed by atoms with Gasteiger partial charge >= 0.3 is 12.3 Å². The van der Waals surface area contributed by atoms with E-state index in [-0.39, 0.29) is 38.8 Å². The van der Waals surface area contributed by atoms with Crippen molar-refractivity contribution in [2.45, 2.75) is 24.1 Å². The molecule has 0 spiro atoms. The van der Waals surface area contributed by atoms with Crippen LogP contribution in [0.3, 0.4) is 0 Å². The van der Waals surface area contributed by atoms with Crippen LogP contribution < -0.4 is 4.90 Å². The Bertz CT molecular complexity index is 1570. The number of cyclic esters (lactones) is 1. The molecule has 2 aromatic carbocycles. The average Bonchev–Trinajstić information content (AvgIpc) is 3.53. The molecule has 0 N–H and O–H groups in total. The fourth-order valence-electron chi connectivity index (χ4n) is 4.67. The van der Waals surface area contributed by atoms with Crippen LogP contribution in [0, 0.1) is 17.0 Å². The monoisotopic (exact) mass is 596 g/mol. The number of halogens is 3. The summed E-state index contributed by atoms with van der Waals surface area (Å²) >= 11 is 0. The molecule has 2 aliphatic rings. The first-order valence-corrected chi connectivity index (χ1v) is 13.7. The highest BCUT2D eigenvalue weighted by Crippen LogP contribution is 2.35. The van der Waals surface area contributed by atoms with Crippen LogP contribution in [0.15, 0.2) is 51.9 Å². The minimum atomic E-state index is -4.87. The fourth-order valence-corrected chi connectivity index (χ4v) is 6.23. The van der Waals surface area contributed by atoms with Gasteiger partial charge in [-0.2, -0.15) is 22.5 Å². The van der Waals surface area contributed by atoms with Crippen LogP contribution in [-0.4, -0.2) is 84.2 Å². The summed E-state index contributed by atoms with van der Waals surface area (Å²) in [4.78, 5) is 29.5. The lowest BCUT2D eigenvalue weighted by Gasteiger charge is -2.34. The molecule has 0 bridgehead atoms. The molecule has 2 saturated heterocycles. The van der Waals surface area contributed by atoms with E-state index in [1.807, 2.05) is 4.90 Å². The SMILES string of the molecule is Cc1nc(-c2ccc(N3CC(CN4CCN(S(=O)(=O)c5ccc(C(F)(F)F)cc5[N+](=O)[O-])CC4)OC3=O)cc2)no1. The van der Waals surface area contributed by atoms with Crippen LogP contribution in [-0.2, 0) is 20.9 Å². The number of aryl methyl sites for hydroxylation is 1. The van der Waals surface area contributed by atoms with Crippen LogP contribution in [0.1, 0.15) is 11.5 Å². The van der Waals surface area contributed by atoms with Gasteiger partial charge in [0, 0.05) is 57.0 Å². The van der Waals surface area contributed by atoms with E-state index in [2.05, 4.69) is 10.1 Å². The molecule has 13 nitrogen and oxygen atoms in total. The second-order valence-corrected chi connectivity index (χ2v) is 11.3. The lowest BCUT2D eigenvalue weighted by molar-refractivity contribution is -0.388. The summed E-state index contributed by atoms with van der Waals surface area (Å²) in [5.41, 5.74) is -1.13. The maximum absolute atomic E-state index is 13.1. The quantitative estimate of drug-likeness (QED) is 0.293. The number of benzene rings is 2. The van der Waals surface area contributed by atoms with Crippen LogP contribution in [0.5, 0.6) is 0 Å². The molecule has 3 aromatic rings. The summed E-state index contributed by atoms with van der Waals surface area (Å²) in [7, 11) is -4.44. The third-order valence-electron chi connectivity index (χ3n) is 6.73. The number of alkyl halides is 3. The minimum Gasteiger partial charge on any atom is -0.443 e. The van der Waals surface area contributed by atoms with Gasteiger partial charge in [0.2, 0.25) is 21.7 Å². The Labute approximate surface area is 231 Å². The number of anilines is 1. The third kappa shape index (κ3) is 5.86. The van der Waals surface area contributed by atoms with E-state index in [1.165, 1.54) is 4.90 Å². The average molecular weight is 597 g/mol. The zero-order chi connectivity index (χ0) is 29.5.